The molecule has 0 aromatic carbocycles. The molecule has 166 valence electrons. The summed E-state index contributed by atoms with van der Waals surface area (Å²) in [7, 11) is 0. The number of carbonyl (C=O) groups is 3. The number of nitrogens with one attached hydrogen (secondary N) is 2. The van der Waals surface area contributed by atoms with Gasteiger partial charge in [-0.3, -0.25) is 10.1 Å². The number of ether oxygens (including phenoxy) is 1. The third-order valence-electron chi connectivity index (χ3n) is 7.42. The maximum absolute atomic E-state index is 12.5. The van der Waals surface area contributed by atoms with E-state index in [4.69, 9.17) is 4.74 Å². The van der Waals surface area contributed by atoms with Gasteiger partial charge in [-0.25, -0.2) is 14.6 Å². The predicted molar refractivity (Wildman–Crippen MR) is 114 cm³/mol. The molecule has 1 aliphatic heterocycles. The monoisotopic (exact) mass is 426 g/mol. The molecule has 6 rings (SSSR count). The number of amides is 3. The highest BCUT2D eigenvalue weighted by Crippen LogP contribution is 2.55. The van der Waals surface area contributed by atoms with Crippen LogP contribution in [-0.4, -0.2) is 48.1 Å². The molecule has 0 radical (unpaired) electrons. The van der Waals surface area contributed by atoms with Crippen molar-refractivity contribution in [3.05, 3.63) is 23.9 Å². The second-order valence-corrected chi connectivity index (χ2v) is 9.85. The number of hydrogen-bond acceptors (Lipinski definition) is 6. The van der Waals surface area contributed by atoms with Crippen molar-refractivity contribution in [2.24, 2.45) is 17.8 Å². The van der Waals surface area contributed by atoms with Gasteiger partial charge in [0.2, 0.25) is 0 Å². The van der Waals surface area contributed by atoms with Crippen molar-refractivity contribution in [2.75, 3.05) is 24.6 Å². The maximum atomic E-state index is 12.5. The predicted octanol–water partition coefficient (Wildman–Crippen LogP) is 2.63. The molecule has 3 amide bonds. The van der Waals surface area contributed by atoms with E-state index in [-0.39, 0.29) is 5.54 Å². The Balaban J connectivity index is 1.13. The van der Waals surface area contributed by atoms with Crippen LogP contribution in [0.25, 0.3) is 0 Å². The van der Waals surface area contributed by atoms with Crippen LogP contribution in [0.1, 0.15) is 61.7 Å². The number of nitrogens with zero attached hydrogens (tertiary/aromatic N) is 2. The third-order valence-corrected chi connectivity index (χ3v) is 7.42. The van der Waals surface area contributed by atoms with Gasteiger partial charge < -0.3 is 15.0 Å². The molecule has 4 bridgehead atoms. The van der Waals surface area contributed by atoms with E-state index < -0.39 is 24.5 Å². The van der Waals surface area contributed by atoms with E-state index in [1.165, 1.54) is 19.3 Å². The van der Waals surface area contributed by atoms with E-state index in [0.29, 0.717) is 29.1 Å². The number of carbonyl (C=O) groups excluding carboxylic acids is 3. The fourth-order valence-electron chi connectivity index (χ4n) is 6.64. The molecule has 5 fully saturated rings. The third kappa shape index (κ3) is 4.25. The van der Waals surface area contributed by atoms with E-state index in [9.17, 15) is 14.4 Å². The molecule has 4 aliphatic carbocycles. The second kappa shape index (κ2) is 8.13. The lowest BCUT2D eigenvalue weighted by atomic mass is 9.53. The first kappa shape index (κ1) is 20.3. The van der Waals surface area contributed by atoms with Crippen LogP contribution >= 0.6 is 0 Å². The Hall–Kier alpha value is -2.64. The standard InChI is InChI=1S/C23H30N4O4/c28-19(14-31-21(29)18-4-3-5-24-20(18)27-6-1-2-7-27)25-22(30)26-23-11-15-8-16(12-23)10-17(9-15)13-23/h3-5,15-17H,1-2,6-14H2,(H2,25,26,28,30). The number of aromatic nitrogens is 1. The van der Waals surface area contributed by atoms with E-state index in [1.54, 1.807) is 18.3 Å². The molecule has 1 aromatic rings. The minimum Gasteiger partial charge on any atom is -0.452 e. The van der Waals surface area contributed by atoms with Gasteiger partial charge in [-0.15, -0.1) is 0 Å². The molecule has 5 aliphatic rings. The molecule has 2 N–H and O–H groups in total. The Morgan fingerprint density at radius 3 is 2.35 bits per heavy atom. The normalized spacial score (nSPS) is 30.8. The van der Waals surface area contributed by atoms with Crippen LogP contribution in [-0.2, 0) is 9.53 Å². The highest BCUT2D eigenvalue weighted by molar-refractivity contribution is 5.98. The molecule has 1 saturated heterocycles. The van der Waals surface area contributed by atoms with Crippen molar-refractivity contribution < 1.29 is 19.1 Å². The lowest BCUT2D eigenvalue weighted by Crippen LogP contribution is -2.62. The zero-order chi connectivity index (χ0) is 21.4. The van der Waals surface area contributed by atoms with Crippen molar-refractivity contribution in [3.63, 3.8) is 0 Å². The summed E-state index contributed by atoms with van der Waals surface area (Å²) in [6.45, 7) is 1.20. The number of esters is 1. The summed E-state index contributed by atoms with van der Waals surface area (Å²) in [5.41, 5.74) is 0.172. The van der Waals surface area contributed by atoms with E-state index in [1.807, 2.05) is 0 Å². The van der Waals surface area contributed by atoms with Gasteiger partial charge in [0.15, 0.2) is 6.61 Å². The molecule has 0 unspecified atom stereocenters. The van der Waals surface area contributed by atoms with Crippen molar-refractivity contribution >= 4 is 23.7 Å². The van der Waals surface area contributed by atoms with Crippen molar-refractivity contribution in [1.82, 2.24) is 15.6 Å². The van der Waals surface area contributed by atoms with Crippen molar-refractivity contribution in [1.29, 1.82) is 0 Å². The Labute approximate surface area is 182 Å². The van der Waals surface area contributed by atoms with Gasteiger partial charge in [0.1, 0.15) is 11.4 Å². The first-order valence-electron chi connectivity index (χ1n) is 11.5. The average molecular weight is 427 g/mol. The van der Waals surface area contributed by atoms with Crippen LogP contribution in [0.3, 0.4) is 0 Å². The smallest absolute Gasteiger partial charge is 0.342 e. The second-order valence-electron chi connectivity index (χ2n) is 9.85. The quantitative estimate of drug-likeness (QED) is 0.702. The highest BCUT2D eigenvalue weighted by atomic mass is 16.5. The number of anilines is 1. The minimum atomic E-state index is -0.623. The minimum absolute atomic E-state index is 0.171. The molecular weight excluding hydrogens is 396 g/mol. The van der Waals surface area contributed by atoms with Gasteiger partial charge in [-0.2, -0.15) is 0 Å². The molecule has 4 saturated carbocycles. The largest absolute Gasteiger partial charge is 0.452 e. The summed E-state index contributed by atoms with van der Waals surface area (Å²) in [6.07, 6.45) is 10.6. The Morgan fingerprint density at radius 1 is 1.06 bits per heavy atom. The van der Waals surface area contributed by atoms with Gasteiger partial charge in [0.05, 0.1) is 0 Å². The first-order valence-corrected chi connectivity index (χ1v) is 11.5. The summed E-state index contributed by atoms with van der Waals surface area (Å²) in [6, 6.07) is 2.85. The van der Waals surface area contributed by atoms with Crippen molar-refractivity contribution in [2.45, 2.75) is 56.9 Å². The summed E-state index contributed by atoms with van der Waals surface area (Å²) < 4.78 is 5.19. The molecule has 0 atom stereocenters. The topological polar surface area (TPSA) is 101 Å². The number of imide groups is 1. The van der Waals surface area contributed by atoms with Gasteiger partial charge in [-0.1, -0.05) is 0 Å². The molecule has 8 nitrogen and oxygen atoms in total. The SMILES string of the molecule is O=C(COC(=O)c1cccnc1N1CCCC1)NC(=O)NC12CC3CC(CC(C3)C1)C2. The fourth-order valence-corrected chi connectivity index (χ4v) is 6.64. The van der Waals surface area contributed by atoms with Crippen LogP contribution in [0.2, 0.25) is 0 Å². The highest BCUT2D eigenvalue weighted by Gasteiger charge is 2.51. The van der Waals surface area contributed by atoms with Crippen LogP contribution in [0.4, 0.5) is 10.6 Å². The Kier molecular flexibility index (Phi) is 5.32. The van der Waals surface area contributed by atoms with E-state index in [0.717, 1.165) is 45.2 Å². The Bertz CT molecular complexity index is 845. The number of urea groups is 1. The molecule has 31 heavy (non-hydrogen) atoms. The lowest BCUT2D eigenvalue weighted by Gasteiger charge is -2.56. The number of pyridine rings is 1. The van der Waals surface area contributed by atoms with E-state index in [2.05, 4.69) is 20.5 Å². The summed E-state index contributed by atoms with van der Waals surface area (Å²) >= 11 is 0. The maximum Gasteiger partial charge on any atom is 0.342 e. The molecule has 2 heterocycles. The van der Waals surface area contributed by atoms with Gasteiger partial charge in [-0.05, 0) is 81.3 Å². The molecule has 8 heteroatoms. The summed E-state index contributed by atoms with van der Waals surface area (Å²) in [5.74, 6) is 1.46. The lowest BCUT2D eigenvalue weighted by molar-refractivity contribution is -0.123. The molecule has 1 aromatic heterocycles. The van der Waals surface area contributed by atoms with E-state index >= 15 is 0 Å². The molecule has 0 spiro atoms. The van der Waals surface area contributed by atoms with Gasteiger partial charge >= 0.3 is 12.0 Å². The van der Waals surface area contributed by atoms with Crippen LogP contribution < -0.4 is 15.5 Å². The van der Waals surface area contributed by atoms with Gasteiger partial charge in [0.25, 0.3) is 5.91 Å². The summed E-state index contributed by atoms with van der Waals surface area (Å²) in [5, 5.41) is 5.43. The van der Waals surface area contributed by atoms with Crippen molar-refractivity contribution in [3.8, 4) is 0 Å². The first-order chi connectivity index (χ1) is 15.0. The number of rotatable bonds is 5. The van der Waals surface area contributed by atoms with Crippen LogP contribution in [0.15, 0.2) is 18.3 Å². The van der Waals surface area contributed by atoms with Gasteiger partial charge in [0, 0.05) is 24.8 Å². The zero-order valence-electron chi connectivity index (χ0n) is 17.8. The van der Waals surface area contributed by atoms with Crippen LogP contribution in [0, 0.1) is 17.8 Å². The van der Waals surface area contributed by atoms with Crippen LogP contribution in [0.5, 0.6) is 0 Å². The number of hydrogen-bond donors (Lipinski definition) is 2. The fraction of sp³-hybridized carbons (Fsp3) is 0.652. The average Bonchev–Trinajstić information content (AvgIpc) is 3.25. The molecular formula is C23H30N4O4. The zero-order valence-corrected chi connectivity index (χ0v) is 17.8. The summed E-state index contributed by atoms with van der Waals surface area (Å²) in [4.78, 5) is 43.6. The Morgan fingerprint density at radius 2 is 1.71 bits per heavy atom.